The second kappa shape index (κ2) is 9.14. The number of allylic oxidation sites excluding steroid dienone is 1. The van der Waals surface area contributed by atoms with Gasteiger partial charge in [0.05, 0.1) is 11.3 Å². The van der Waals surface area contributed by atoms with Crippen molar-refractivity contribution in [2.75, 3.05) is 13.1 Å². The molecule has 6 heteroatoms. The Bertz CT molecular complexity index is 861. The summed E-state index contributed by atoms with van der Waals surface area (Å²) in [5.41, 5.74) is 2.57. The number of carbonyl (C=O) groups is 1. The van der Waals surface area contributed by atoms with Crippen LogP contribution in [0.4, 0.5) is 0 Å². The van der Waals surface area contributed by atoms with E-state index < -0.39 is 5.60 Å². The quantitative estimate of drug-likeness (QED) is 0.634. The van der Waals surface area contributed by atoms with E-state index in [1.54, 1.807) is 0 Å². The molecular weight excluding hydrogens is 386 g/mol. The van der Waals surface area contributed by atoms with Crippen molar-refractivity contribution < 1.29 is 9.90 Å². The largest absolute Gasteiger partial charge is 0.390 e. The summed E-state index contributed by atoms with van der Waals surface area (Å²) in [5.74, 6) is 0.436. The molecule has 1 amide bonds. The zero-order valence-electron chi connectivity index (χ0n) is 17.2. The van der Waals surface area contributed by atoms with Crippen LogP contribution in [-0.2, 0) is 6.42 Å². The Morgan fingerprint density at radius 2 is 2.10 bits per heavy atom. The predicted molar refractivity (Wildman–Crippen MR) is 117 cm³/mol. The van der Waals surface area contributed by atoms with Gasteiger partial charge >= 0.3 is 0 Å². The average molecular weight is 416 g/mol. The van der Waals surface area contributed by atoms with Gasteiger partial charge in [-0.25, -0.2) is 0 Å². The molecule has 1 aromatic carbocycles. The molecule has 2 N–H and O–H groups in total. The number of rotatable bonds is 7. The fourth-order valence-electron chi connectivity index (χ4n) is 3.98. The van der Waals surface area contributed by atoms with E-state index in [9.17, 15) is 9.90 Å². The first kappa shape index (κ1) is 21.6. The van der Waals surface area contributed by atoms with E-state index in [2.05, 4.69) is 16.8 Å². The van der Waals surface area contributed by atoms with Crippen molar-refractivity contribution in [3.63, 3.8) is 0 Å². The van der Waals surface area contributed by atoms with Gasteiger partial charge in [0.25, 0.3) is 5.91 Å². The molecule has 0 spiro atoms. The lowest BCUT2D eigenvalue weighted by atomic mass is 9.86. The molecule has 1 aliphatic rings. The molecule has 0 aliphatic carbocycles. The Hall–Kier alpha value is -2.11. The monoisotopic (exact) mass is 415 g/mol. The van der Waals surface area contributed by atoms with Gasteiger partial charge in [-0.2, -0.15) is 5.10 Å². The molecule has 3 rings (SSSR count). The highest BCUT2D eigenvalue weighted by atomic mass is 35.5. The lowest BCUT2D eigenvalue weighted by molar-refractivity contribution is 0.0357. The molecule has 1 aromatic heterocycles. The molecule has 0 bridgehead atoms. The van der Waals surface area contributed by atoms with Crippen molar-refractivity contribution in [2.45, 2.75) is 51.6 Å². The van der Waals surface area contributed by atoms with Gasteiger partial charge in [0.15, 0.2) is 0 Å². The van der Waals surface area contributed by atoms with Crippen molar-refractivity contribution in [2.24, 2.45) is 5.92 Å². The molecule has 0 unspecified atom stereocenters. The predicted octanol–water partition coefficient (Wildman–Crippen LogP) is 4.86. The third kappa shape index (κ3) is 5.71. The van der Waals surface area contributed by atoms with Crippen LogP contribution in [0.1, 0.15) is 55.6 Å². The second-order valence-corrected chi connectivity index (χ2v) is 8.96. The fraction of sp³-hybridized carbons (Fsp3) is 0.478. The summed E-state index contributed by atoms with van der Waals surface area (Å²) in [5, 5.41) is 18.0. The standard InChI is InChI=1S/C23H30ClN3O2/c1-4-5-6-17-13-18(7-8-19(17)24)20-14-21(26-25-20)22(28)27-11-9-16(10-12-27)15-23(2,3)29/h4,7-8,13-14,16,29H,1,5-6,9-12,15H2,2-3H3,(H,25,26). The number of aromatic nitrogens is 2. The number of amides is 1. The van der Waals surface area contributed by atoms with E-state index in [0.717, 1.165) is 53.9 Å². The lowest BCUT2D eigenvalue weighted by Crippen LogP contribution is -2.40. The maximum atomic E-state index is 12.9. The third-order valence-electron chi connectivity index (χ3n) is 5.46. The van der Waals surface area contributed by atoms with Gasteiger partial charge in [0, 0.05) is 23.7 Å². The first-order valence-corrected chi connectivity index (χ1v) is 10.6. The minimum absolute atomic E-state index is 0.0219. The molecule has 156 valence electrons. The number of piperidine rings is 1. The topological polar surface area (TPSA) is 69.2 Å². The van der Waals surface area contributed by atoms with Crippen molar-refractivity contribution >= 4 is 17.5 Å². The van der Waals surface area contributed by atoms with Gasteiger partial charge in [-0.3, -0.25) is 9.89 Å². The van der Waals surface area contributed by atoms with Gasteiger partial charge < -0.3 is 10.0 Å². The molecule has 0 atom stereocenters. The normalized spacial score (nSPS) is 15.5. The molecule has 29 heavy (non-hydrogen) atoms. The Balaban J connectivity index is 1.66. The molecule has 0 radical (unpaired) electrons. The van der Waals surface area contributed by atoms with E-state index in [-0.39, 0.29) is 5.91 Å². The van der Waals surface area contributed by atoms with Crippen LogP contribution in [0.15, 0.2) is 36.9 Å². The summed E-state index contributed by atoms with van der Waals surface area (Å²) < 4.78 is 0. The zero-order valence-corrected chi connectivity index (χ0v) is 18.0. The average Bonchev–Trinajstić information content (AvgIpc) is 3.16. The Kier molecular flexibility index (Phi) is 6.81. The molecule has 0 saturated carbocycles. The van der Waals surface area contributed by atoms with Crippen LogP contribution in [0.2, 0.25) is 5.02 Å². The number of hydrogen-bond acceptors (Lipinski definition) is 3. The highest BCUT2D eigenvalue weighted by Gasteiger charge is 2.28. The van der Waals surface area contributed by atoms with E-state index >= 15 is 0 Å². The Morgan fingerprint density at radius 1 is 1.38 bits per heavy atom. The van der Waals surface area contributed by atoms with Crippen molar-refractivity contribution in [1.82, 2.24) is 15.1 Å². The van der Waals surface area contributed by atoms with Gasteiger partial charge in [0.2, 0.25) is 0 Å². The molecule has 2 aromatic rings. The smallest absolute Gasteiger partial charge is 0.271 e. The van der Waals surface area contributed by atoms with E-state index in [1.807, 2.05) is 49.1 Å². The number of benzene rings is 1. The van der Waals surface area contributed by atoms with Gasteiger partial charge in [-0.15, -0.1) is 6.58 Å². The summed E-state index contributed by atoms with van der Waals surface area (Å²) in [7, 11) is 0. The number of aryl methyl sites for hydroxylation is 1. The van der Waals surface area contributed by atoms with Gasteiger partial charge in [0.1, 0.15) is 5.69 Å². The molecule has 5 nitrogen and oxygen atoms in total. The van der Waals surface area contributed by atoms with Gasteiger partial charge in [-0.05, 0) is 75.6 Å². The Labute approximate surface area is 177 Å². The van der Waals surface area contributed by atoms with Crippen LogP contribution in [0.25, 0.3) is 11.3 Å². The molecular formula is C23H30ClN3O2. The summed E-state index contributed by atoms with van der Waals surface area (Å²) in [6.45, 7) is 8.86. The van der Waals surface area contributed by atoms with Crippen LogP contribution in [0.5, 0.6) is 0 Å². The molecule has 1 aliphatic heterocycles. The van der Waals surface area contributed by atoms with Crippen molar-refractivity contribution in [3.05, 3.63) is 53.2 Å². The molecule has 1 saturated heterocycles. The van der Waals surface area contributed by atoms with Gasteiger partial charge in [-0.1, -0.05) is 23.7 Å². The molecule has 1 fully saturated rings. The minimum atomic E-state index is -0.655. The van der Waals surface area contributed by atoms with Crippen LogP contribution in [0, 0.1) is 5.92 Å². The Morgan fingerprint density at radius 3 is 2.76 bits per heavy atom. The maximum Gasteiger partial charge on any atom is 0.271 e. The summed E-state index contributed by atoms with van der Waals surface area (Å²) >= 11 is 6.29. The number of hydrogen-bond donors (Lipinski definition) is 2. The highest BCUT2D eigenvalue weighted by molar-refractivity contribution is 6.31. The summed E-state index contributed by atoms with van der Waals surface area (Å²) in [4.78, 5) is 14.7. The van der Waals surface area contributed by atoms with Crippen LogP contribution in [0.3, 0.4) is 0 Å². The van der Waals surface area contributed by atoms with Crippen molar-refractivity contribution in [1.29, 1.82) is 0 Å². The second-order valence-electron chi connectivity index (χ2n) is 8.55. The maximum absolute atomic E-state index is 12.9. The van der Waals surface area contributed by atoms with E-state index in [0.29, 0.717) is 24.7 Å². The number of likely N-dealkylation sites (tertiary alicyclic amines) is 1. The van der Waals surface area contributed by atoms with E-state index in [4.69, 9.17) is 11.6 Å². The first-order valence-electron chi connectivity index (χ1n) is 10.2. The summed E-state index contributed by atoms with van der Waals surface area (Å²) in [6.07, 6.45) is 6.16. The lowest BCUT2D eigenvalue weighted by Gasteiger charge is -2.34. The van der Waals surface area contributed by atoms with Crippen LogP contribution < -0.4 is 0 Å². The molecule has 2 heterocycles. The van der Waals surface area contributed by atoms with E-state index in [1.165, 1.54) is 0 Å². The highest BCUT2D eigenvalue weighted by Crippen LogP contribution is 2.28. The first-order chi connectivity index (χ1) is 13.8. The SMILES string of the molecule is C=CCCc1cc(-c2cc(C(=O)N3CCC(CC(C)(C)O)CC3)[nH]n2)ccc1Cl. The fourth-order valence-corrected chi connectivity index (χ4v) is 4.19. The minimum Gasteiger partial charge on any atom is -0.390 e. The number of aromatic amines is 1. The third-order valence-corrected chi connectivity index (χ3v) is 5.83. The zero-order chi connectivity index (χ0) is 21.0. The van der Waals surface area contributed by atoms with Crippen LogP contribution >= 0.6 is 11.6 Å². The number of carbonyl (C=O) groups excluding carboxylic acids is 1. The van der Waals surface area contributed by atoms with Crippen LogP contribution in [-0.4, -0.2) is 44.8 Å². The number of nitrogens with one attached hydrogen (secondary N) is 1. The number of aliphatic hydroxyl groups is 1. The number of H-pyrrole nitrogens is 1. The number of nitrogens with zero attached hydrogens (tertiary/aromatic N) is 2. The number of halogens is 1. The summed E-state index contributed by atoms with van der Waals surface area (Å²) in [6, 6.07) is 7.63. The van der Waals surface area contributed by atoms with Crippen molar-refractivity contribution in [3.8, 4) is 11.3 Å².